The minimum absolute atomic E-state index is 0.0335. The summed E-state index contributed by atoms with van der Waals surface area (Å²) in [4.78, 5) is 42.6. The number of likely N-dealkylation sites (tertiary alicyclic amines) is 1. The van der Waals surface area contributed by atoms with Crippen LogP contribution in [0.1, 0.15) is 31.7 Å². The molecule has 1 aliphatic rings. The van der Waals surface area contributed by atoms with Crippen molar-refractivity contribution in [2.24, 2.45) is 16.5 Å². The number of guanidine groups is 1. The maximum Gasteiger partial charge on any atom is 0.243 e. The van der Waals surface area contributed by atoms with Gasteiger partial charge in [-0.25, -0.2) is 0 Å². The Morgan fingerprint density at radius 3 is 2.61 bits per heavy atom. The van der Waals surface area contributed by atoms with Crippen molar-refractivity contribution in [3.05, 3.63) is 35.9 Å². The summed E-state index contributed by atoms with van der Waals surface area (Å²) in [6.07, 6.45) is 0.919. The lowest BCUT2D eigenvalue weighted by atomic mass is 10.1. The van der Waals surface area contributed by atoms with Crippen LogP contribution in [-0.2, 0) is 25.7 Å². The molecule has 1 fully saturated rings. The van der Waals surface area contributed by atoms with Gasteiger partial charge >= 0.3 is 0 Å². The number of ketones is 1. The first-order chi connectivity index (χ1) is 14.8. The molecule has 1 aliphatic heterocycles. The normalized spacial score (nSPS) is 19.0. The Morgan fingerprint density at radius 2 is 2.00 bits per heavy atom. The topological polar surface area (TPSA) is 140 Å². The molecular weight excluding hydrogens is 422 g/mol. The van der Waals surface area contributed by atoms with E-state index in [0.29, 0.717) is 39.0 Å². The molecule has 0 aliphatic carbocycles. The van der Waals surface area contributed by atoms with E-state index in [1.165, 1.54) is 11.8 Å². The lowest BCUT2D eigenvalue weighted by Crippen LogP contribution is -2.50. The van der Waals surface area contributed by atoms with Gasteiger partial charge in [-0.05, 0) is 18.4 Å². The van der Waals surface area contributed by atoms with E-state index in [1.54, 1.807) is 0 Å². The molecular formula is C21H30ClN5O4. The number of benzene rings is 1. The molecule has 5 N–H and O–H groups in total. The summed E-state index contributed by atoms with van der Waals surface area (Å²) >= 11 is 5.70. The number of amides is 2. The highest BCUT2D eigenvalue weighted by Crippen LogP contribution is 2.22. The number of hydrogen-bond acceptors (Lipinski definition) is 5. The van der Waals surface area contributed by atoms with E-state index in [4.69, 9.17) is 27.8 Å². The molecule has 1 heterocycles. The summed E-state index contributed by atoms with van der Waals surface area (Å²) in [5.74, 6) is -1.18. The van der Waals surface area contributed by atoms with Crippen molar-refractivity contribution in [1.82, 2.24) is 10.2 Å². The van der Waals surface area contributed by atoms with Crippen LogP contribution in [0.25, 0.3) is 0 Å². The first-order valence-electron chi connectivity index (χ1n) is 10.2. The summed E-state index contributed by atoms with van der Waals surface area (Å²) in [5, 5.41) is 2.74. The molecule has 170 valence electrons. The third kappa shape index (κ3) is 7.84. The van der Waals surface area contributed by atoms with Gasteiger partial charge in [-0.2, -0.15) is 0 Å². The van der Waals surface area contributed by atoms with E-state index in [-0.39, 0.29) is 29.6 Å². The molecule has 9 nitrogen and oxygen atoms in total. The molecule has 0 unspecified atom stereocenters. The van der Waals surface area contributed by atoms with Crippen molar-refractivity contribution in [1.29, 1.82) is 0 Å². The van der Waals surface area contributed by atoms with Gasteiger partial charge in [-0.3, -0.25) is 19.4 Å². The molecule has 31 heavy (non-hydrogen) atoms. The van der Waals surface area contributed by atoms with Crippen LogP contribution in [0.2, 0.25) is 0 Å². The number of halogens is 1. The van der Waals surface area contributed by atoms with Crippen LogP contribution >= 0.6 is 11.6 Å². The number of carbonyl (C=O) groups is 3. The predicted octanol–water partition coefficient (Wildman–Crippen LogP) is 0.539. The van der Waals surface area contributed by atoms with Gasteiger partial charge in [0.1, 0.15) is 6.04 Å². The van der Waals surface area contributed by atoms with Crippen LogP contribution in [0.5, 0.6) is 0 Å². The Bertz CT molecular complexity index is 785. The fourth-order valence-electron chi connectivity index (χ4n) is 3.48. The maximum absolute atomic E-state index is 12.9. The predicted molar refractivity (Wildman–Crippen MR) is 118 cm³/mol. The maximum atomic E-state index is 12.9. The second-order valence-corrected chi connectivity index (χ2v) is 7.72. The fraction of sp³-hybridized carbons (Fsp3) is 0.524. The fourth-order valence-corrected chi connectivity index (χ4v) is 3.67. The van der Waals surface area contributed by atoms with Crippen molar-refractivity contribution in [2.45, 2.75) is 51.0 Å². The first kappa shape index (κ1) is 24.6. The number of ether oxygens (including phenoxy) is 1. The number of carbonyl (C=O) groups excluding carboxylic acids is 3. The average molecular weight is 452 g/mol. The van der Waals surface area contributed by atoms with Gasteiger partial charge in [0.15, 0.2) is 11.7 Å². The summed E-state index contributed by atoms with van der Waals surface area (Å²) in [5.41, 5.74) is 11.6. The van der Waals surface area contributed by atoms with Gasteiger partial charge in [0.05, 0.1) is 24.6 Å². The van der Waals surface area contributed by atoms with Gasteiger partial charge in [0.25, 0.3) is 0 Å². The highest BCUT2D eigenvalue weighted by atomic mass is 35.5. The third-order valence-corrected chi connectivity index (χ3v) is 5.34. The number of nitrogens with zero attached hydrogens (tertiary/aromatic N) is 2. The molecule has 0 saturated carbocycles. The van der Waals surface area contributed by atoms with Gasteiger partial charge < -0.3 is 26.4 Å². The third-order valence-electron chi connectivity index (χ3n) is 5.08. The van der Waals surface area contributed by atoms with E-state index in [1.807, 2.05) is 30.3 Å². The number of hydrogen-bond donors (Lipinski definition) is 3. The van der Waals surface area contributed by atoms with Gasteiger partial charge in [0.2, 0.25) is 11.8 Å². The van der Waals surface area contributed by atoms with Crippen LogP contribution in [-0.4, -0.2) is 65.6 Å². The molecule has 2 amide bonds. The van der Waals surface area contributed by atoms with E-state index in [0.717, 1.165) is 5.56 Å². The number of nitrogens with one attached hydrogen (secondary N) is 1. The molecule has 0 bridgehead atoms. The number of Topliss-reactive ketones (excluding diaryl/α,β-unsaturated/α-hetero) is 1. The van der Waals surface area contributed by atoms with Crippen molar-refractivity contribution >= 4 is 35.2 Å². The number of aliphatic imine (C=N–C) groups is 1. The Kier molecular flexibility index (Phi) is 9.74. The van der Waals surface area contributed by atoms with E-state index in [2.05, 4.69) is 10.3 Å². The Balaban J connectivity index is 1.97. The molecule has 0 aromatic heterocycles. The highest BCUT2D eigenvalue weighted by molar-refractivity contribution is 6.28. The summed E-state index contributed by atoms with van der Waals surface area (Å²) in [6.45, 7) is 2.46. The Labute approximate surface area is 187 Å². The smallest absolute Gasteiger partial charge is 0.243 e. The monoisotopic (exact) mass is 451 g/mol. The Hall–Kier alpha value is -2.65. The second-order valence-electron chi connectivity index (χ2n) is 7.45. The molecule has 2 rings (SSSR count). The molecule has 3 atom stereocenters. The highest BCUT2D eigenvalue weighted by Gasteiger charge is 2.39. The minimum atomic E-state index is -0.766. The molecule has 0 spiro atoms. The molecule has 1 aromatic carbocycles. The van der Waals surface area contributed by atoms with Gasteiger partial charge in [-0.1, -0.05) is 30.3 Å². The number of nitrogens with two attached hydrogens (primary N) is 2. The van der Waals surface area contributed by atoms with Crippen molar-refractivity contribution in [3.8, 4) is 0 Å². The minimum Gasteiger partial charge on any atom is -0.372 e. The second kappa shape index (κ2) is 12.3. The molecule has 1 aromatic rings. The van der Waals surface area contributed by atoms with E-state index >= 15 is 0 Å². The first-order valence-corrected chi connectivity index (χ1v) is 10.7. The van der Waals surface area contributed by atoms with E-state index < -0.39 is 18.0 Å². The summed E-state index contributed by atoms with van der Waals surface area (Å²) in [6, 6.07) is 8.20. The van der Waals surface area contributed by atoms with Crippen LogP contribution in [0, 0.1) is 0 Å². The lowest BCUT2D eigenvalue weighted by molar-refractivity contribution is -0.138. The standard InChI is InChI=1S/C21H30ClN5O4/c1-14(28)27-12-16(31-13-15-6-3-2-4-7-15)10-18(27)20(30)26-17(19(29)11-22)8-5-9-25-21(23)24/h2-4,6-7,16-18H,5,8-13H2,1H3,(H,26,30)(H4,23,24,25)/t16-,17+,18+/m1/s1. The van der Waals surface area contributed by atoms with Crippen LogP contribution in [0.15, 0.2) is 35.3 Å². The lowest BCUT2D eigenvalue weighted by Gasteiger charge is -2.24. The summed E-state index contributed by atoms with van der Waals surface area (Å²) < 4.78 is 5.92. The summed E-state index contributed by atoms with van der Waals surface area (Å²) in [7, 11) is 0. The molecule has 0 radical (unpaired) electrons. The zero-order chi connectivity index (χ0) is 22.8. The van der Waals surface area contributed by atoms with E-state index in [9.17, 15) is 14.4 Å². The largest absolute Gasteiger partial charge is 0.372 e. The average Bonchev–Trinajstić information content (AvgIpc) is 3.19. The van der Waals surface area contributed by atoms with Crippen LogP contribution in [0.3, 0.4) is 0 Å². The van der Waals surface area contributed by atoms with Crippen molar-refractivity contribution in [2.75, 3.05) is 19.0 Å². The van der Waals surface area contributed by atoms with Gasteiger partial charge in [-0.15, -0.1) is 11.6 Å². The van der Waals surface area contributed by atoms with Gasteiger partial charge in [0, 0.05) is 26.4 Å². The van der Waals surface area contributed by atoms with Crippen LogP contribution in [0.4, 0.5) is 0 Å². The van der Waals surface area contributed by atoms with Crippen molar-refractivity contribution < 1.29 is 19.1 Å². The number of alkyl halides is 1. The Morgan fingerprint density at radius 1 is 1.29 bits per heavy atom. The quantitative estimate of drug-likeness (QED) is 0.194. The SMILES string of the molecule is CC(=O)N1C[C@H](OCc2ccccc2)C[C@H]1C(=O)N[C@@H](CCCN=C(N)N)C(=O)CCl. The molecule has 1 saturated heterocycles. The number of rotatable bonds is 11. The zero-order valence-corrected chi connectivity index (χ0v) is 18.4. The zero-order valence-electron chi connectivity index (χ0n) is 17.6. The molecule has 10 heteroatoms. The van der Waals surface area contributed by atoms with Crippen molar-refractivity contribution in [3.63, 3.8) is 0 Å². The van der Waals surface area contributed by atoms with Crippen LogP contribution < -0.4 is 16.8 Å².